The number of ketones is 1. The summed E-state index contributed by atoms with van der Waals surface area (Å²) < 4.78 is 11.0. The number of H-pyrrole nitrogens is 1. The number of ether oxygens (including phenoxy) is 2. The van der Waals surface area contributed by atoms with Crippen LogP contribution in [-0.4, -0.2) is 27.8 Å². The average Bonchev–Trinajstić information content (AvgIpc) is 3.39. The Balaban J connectivity index is 1.49. The molecule has 4 N–H and O–H groups in total. The first-order valence-corrected chi connectivity index (χ1v) is 11.8. The van der Waals surface area contributed by atoms with Crippen molar-refractivity contribution < 1.29 is 14.3 Å². The quantitative estimate of drug-likeness (QED) is 0.497. The van der Waals surface area contributed by atoms with Gasteiger partial charge in [0.05, 0.1) is 23.2 Å². The van der Waals surface area contributed by atoms with Crippen LogP contribution in [0.15, 0.2) is 82.1 Å². The number of carbonyl (C=O) groups is 1. The SMILES string of the molecule is N#CC1=C(N)N(Nc2cc(=O)[nH]nc2-c2ccccc2)C2=C(C(=O)CCC2)C1c1ccc2c(c1)OCO2. The van der Waals surface area contributed by atoms with Crippen LogP contribution in [0.25, 0.3) is 11.3 Å². The first-order valence-electron chi connectivity index (χ1n) is 11.8. The number of aromatic amines is 1. The van der Waals surface area contributed by atoms with Gasteiger partial charge in [-0.2, -0.15) is 10.4 Å². The highest BCUT2D eigenvalue weighted by atomic mass is 16.7. The number of Topliss-reactive ketones (excluding diaryl/α,β-unsaturated/α-hetero) is 1. The fourth-order valence-corrected chi connectivity index (χ4v) is 5.06. The number of hydrogen-bond acceptors (Lipinski definition) is 9. The highest BCUT2D eigenvalue weighted by molar-refractivity contribution is 6.00. The van der Waals surface area contributed by atoms with Crippen LogP contribution in [-0.2, 0) is 4.79 Å². The second-order valence-electron chi connectivity index (χ2n) is 8.90. The number of nitrogens with one attached hydrogen (secondary N) is 2. The molecule has 6 rings (SSSR count). The summed E-state index contributed by atoms with van der Waals surface area (Å²) in [5, 5.41) is 18.5. The predicted molar refractivity (Wildman–Crippen MR) is 134 cm³/mol. The average molecular weight is 495 g/mol. The highest BCUT2D eigenvalue weighted by Crippen LogP contribution is 2.46. The first-order chi connectivity index (χ1) is 18.0. The molecular weight excluding hydrogens is 472 g/mol. The minimum Gasteiger partial charge on any atom is -0.454 e. The third-order valence-electron chi connectivity index (χ3n) is 6.73. The van der Waals surface area contributed by atoms with Gasteiger partial charge in [-0.1, -0.05) is 36.4 Å². The first kappa shape index (κ1) is 22.4. The summed E-state index contributed by atoms with van der Waals surface area (Å²) in [7, 11) is 0. The lowest BCUT2D eigenvalue weighted by atomic mass is 9.76. The summed E-state index contributed by atoms with van der Waals surface area (Å²) in [6.45, 7) is 0.116. The lowest BCUT2D eigenvalue weighted by Crippen LogP contribution is -2.42. The van der Waals surface area contributed by atoms with E-state index in [2.05, 4.69) is 21.7 Å². The molecule has 1 aromatic heterocycles. The molecule has 0 spiro atoms. The minimum absolute atomic E-state index is 0.0525. The van der Waals surface area contributed by atoms with Gasteiger partial charge in [-0.3, -0.25) is 15.0 Å². The lowest BCUT2D eigenvalue weighted by Gasteiger charge is -2.40. The number of hydrogen-bond donors (Lipinski definition) is 3. The van der Waals surface area contributed by atoms with Crippen molar-refractivity contribution in [2.45, 2.75) is 25.2 Å². The third kappa shape index (κ3) is 3.77. The summed E-state index contributed by atoms with van der Waals surface area (Å²) in [5.41, 5.74) is 13.2. The Bertz CT molecular complexity index is 1580. The summed E-state index contributed by atoms with van der Waals surface area (Å²) in [5.74, 6) is 0.617. The maximum atomic E-state index is 13.3. The maximum Gasteiger partial charge on any atom is 0.266 e. The fourth-order valence-electron chi connectivity index (χ4n) is 5.06. The van der Waals surface area contributed by atoms with E-state index in [0.29, 0.717) is 59.0 Å². The molecular formula is C27H22N6O4. The van der Waals surface area contributed by atoms with Crippen LogP contribution in [0.2, 0.25) is 0 Å². The second kappa shape index (κ2) is 8.87. The van der Waals surface area contributed by atoms with Gasteiger partial charge < -0.3 is 15.2 Å². The molecule has 0 fully saturated rings. The van der Waals surface area contributed by atoms with Crippen molar-refractivity contribution in [3.8, 4) is 28.8 Å². The molecule has 3 aromatic rings. The zero-order valence-electron chi connectivity index (χ0n) is 19.7. The molecule has 2 aliphatic heterocycles. The number of benzene rings is 2. The monoisotopic (exact) mass is 494 g/mol. The molecule has 1 atom stereocenters. The van der Waals surface area contributed by atoms with E-state index in [1.807, 2.05) is 36.4 Å². The van der Waals surface area contributed by atoms with E-state index in [0.717, 1.165) is 5.56 Å². The molecule has 10 heteroatoms. The maximum absolute atomic E-state index is 13.3. The minimum atomic E-state index is -0.647. The van der Waals surface area contributed by atoms with Gasteiger partial charge in [0, 0.05) is 29.3 Å². The van der Waals surface area contributed by atoms with E-state index in [-0.39, 0.29) is 24.0 Å². The van der Waals surface area contributed by atoms with Crippen molar-refractivity contribution in [2.75, 3.05) is 12.2 Å². The van der Waals surface area contributed by atoms with Gasteiger partial charge in [-0.15, -0.1) is 0 Å². The lowest BCUT2D eigenvalue weighted by molar-refractivity contribution is -0.116. The van der Waals surface area contributed by atoms with Crippen LogP contribution >= 0.6 is 0 Å². The van der Waals surface area contributed by atoms with Crippen LogP contribution < -0.4 is 26.2 Å². The van der Waals surface area contributed by atoms with Crippen LogP contribution in [0.3, 0.4) is 0 Å². The number of rotatable bonds is 4. The molecule has 0 saturated carbocycles. The number of anilines is 1. The standard InChI is InChI=1S/C27H22N6O4/c28-13-17-24(16-9-10-21-22(11-16)37-14-36-21)25-19(7-4-8-20(25)34)33(27(17)29)32-18-12-23(35)30-31-26(18)15-5-2-1-3-6-15/h1-3,5-6,9-12,24H,4,7-8,14,29H2,(H2,30,32,35). The molecule has 0 bridgehead atoms. The van der Waals surface area contributed by atoms with Crippen molar-refractivity contribution in [3.05, 3.63) is 93.2 Å². The van der Waals surface area contributed by atoms with Crippen molar-refractivity contribution in [2.24, 2.45) is 5.73 Å². The van der Waals surface area contributed by atoms with Crippen LogP contribution in [0, 0.1) is 11.3 Å². The van der Waals surface area contributed by atoms with Gasteiger partial charge in [-0.25, -0.2) is 10.1 Å². The number of aromatic nitrogens is 2. The van der Waals surface area contributed by atoms with Gasteiger partial charge in [0.2, 0.25) is 6.79 Å². The Morgan fingerprint density at radius 3 is 2.70 bits per heavy atom. The molecule has 2 aromatic carbocycles. The van der Waals surface area contributed by atoms with E-state index in [9.17, 15) is 14.9 Å². The molecule has 3 heterocycles. The van der Waals surface area contributed by atoms with Gasteiger partial charge in [0.25, 0.3) is 5.56 Å². The molecule has 0 saturated heterocycles. The van der Waals surface area contributed by atoms with Gasteiger partial charge in [0.15, 0.2) is 17.3 Å². The third-order valence-corrected chi connectivity index (χ3v) is 6.73. The molecule has 0 radical (unpaired) electrons. The Kier molecular flexibility index (Phi) is 5.38. The number of fused-ring (bicyclic) bond motifs is 1. The van der Waals surface area contributed by atoms with E-state index in [1.54, 1.807) is 17.1 Å². The van der Waals surface area contributed by atoms with Crippen molar-refractivity contribution in [1.29, 1.82) is 5.26 Å². The van der Waals surface area contributed by atoms with E-state index < -0.39 is 11.5 Å². The number of hydrazine groups is 1. The summed E-state index contributed by atoms with van der Waals surface area (Å²) in [4.78, 5) is 25.6. The van der Waals surface area contributed by atoms with E-state index in [1.165, 1.54) is 6.07 Å². The Labute approximate surface area is 211 Å². The largest absolute Gasteiger partial charge is 0.454 e. The number of nitrogens with two attached hydrogens (primary N) is 1. The zero-order chi connectivity index (χ0) is 25.5. The number of nitrogens with zero attached hydrogens (tertiary/aromatic N) is 3. The van der Waals surface area contributed by atoms with Crippen molar-refractivity contribution in [1.82, 2.24) is 15.2 Å². The predicted octanol–water partition coefficient (Wildman–Crippen LogP) is 3.29. The topological polar surface area (TPSA) is 146 Å². The Morgan fingerprint density at radius 1 is 1.08 bits per heavy atom. The van der Waals surface area contributed by atoms with Crippen LogP contribution in [0.1, 0.15) is 30.7 Å². The molecule has 10 nitrogen and oxygen atoms in total. The molecule has 1 aliphatic carbocycles. The fraction of sp³-hybridized carbons (Fsp3) is 0.185. The number of carbonyl (C=O) groups excluding carboxylic acids is 1. The normalized spacial score (nSPS) is 18.5. The number of allylic oxidation sites excluding steroid dienone is 3. The molecule has 184 valence electrons. The van der Waals surface area contributed by atoms with Gasteiger partial charge in [0.1, 0.15) is 11.5 Å². The molecule has 37 heavy (non-hydrogen) atoms. The summed E-state index contributed by atoms with van der Waals surface area (Å²) in [6.07, 6.45) is 1.57. The zero-order valence-corrected chi connectivity index (χ0v) is 19.7. The summed E-state index contributed by atoms with van der Waals surface area (Å²) in [6, 6.07) is 18.3. The van der Waals surface area contributed by atoms with Crippen molar-refractivity contribution >= 4 is 11.5 Å². The van der Waals surface area contributed by atoms with Crippen LogP contribution in [0.5, 0.6) is 11.5 Å². The molecule has 1 unspecified atom stereocenters. The van der Waals surface area contributed by atoms with Crippen molar-refractivity contribution in [3.63, 3.8) is 0 Å². The molecule has 3 aliphatic rings. The summed E-state index contributed by atoms with van der Waals surface area (Å²) >= 11 is 0. The van der Waals surface area contributed by atoms with E-state index >= 15 is 0 Å². The van der Waals surface area contributed by atoms with Gasteiger partial charge in [-0.05, 0) is 30.5 Å². The van der Waals surface area contributed by atoms with Gasteiger partial charge >= 0.3 is 0 Å². The molecule has 0 amide bonds. The Morgan fingerprint density at radius 2 is 1.89 bits per heavy atom. The number of nitriles is 1. The Hall–Kier alpha value is -5.04. The van der Waals surface area contributed by atoms with Crippen LogP contribution in [0.4, 0.5) is 5.69 Å². The smallest absolute Gasteiger partial charge is 0.266 e. The van der Waals surface area contributed by atoms with E-state index in [4.69, 9.17) is 15.2 Å². The second-order valence-corrected chi connectivity index (χ2v) is 8.90. The highest BCUT2D eigenvalue weighted by Gasteiger charge is 2.40.